The summed E-state index contributed by atoms with van der Waals surface area (Å²) < 4.78 is 7.73. The van der Waals surface area contributed by atoms with Crippen LogP contribution in [0, 0.1) is 0 Å². The average Bonchev–Trinajstić information content (AvgIpc) is 3.11. The molecule has 1 aromatic rings. The van der Waals surface area contributed by atoms with Crippen LogP contribution in [-0.2, 0) is 24.2 Å². The molecular weight excluding hydrogens is 282 g/mol. The van der Waals surface area contributed by atoms with E-state index < -0.39 is 0 Å². The van der Waals surface area contributed by atoms with Gasteiger partial charge in [-0.2, -0.15) is 0 Å². The fourth-order valence-electron chi connectivity index (χ4n) is 3.18. The van der Waals surface area contributed by atoms with Gasteiger partial charge in [0.2, 0.25) is 0 Å². The standard InChI is InChI=1S/C15H25N5O2/c1-11(12-6-5-9-22-12)17-15(21)16-10-14-19-18-13-7-3-2-4-8-20(13)14/h11-12H,2-10H2,1H3,(H2,16,17,21)/t11-,12-/m0/s1. The second-order valence-electron chi connectivity index (χ2n) is 6.16. The van der Waals surface area contributed by atoms with E-state index in [0.717, 1.165) is 50.5 Å². The molecule has 1 aromatic heterocycles. The van der Waals surface area contributed by atoms with E-state index in [9.17, 15) is 4.79 Å². The molecular formula is C15H25N5O2. The van der Waals surface area contributed by atoms with Crippen LogP contribution in [0.15, 0.2) is 0 Å². The minimum Gasteiger partial charge on any atom is -0.376 e. The number of carbonyl (C=O) groups excluding carboxylic acids is 1. The van der Waals surface area contributed by atoms with Crippen molar-refractivity contribution in [2.75, 3.05) is 6.61 Å². The number of urea groups is 1. The third-order valence-electron chi connectivity index (χ3n) is 4.47. The number of hydrogen-bond acceptors (Lipinski definition) is 4. The van der Waals surface area contributed by atoms with Gasteiger partial charge in [0.05, 0.1) is 18.7 Å². The predicted molar refractivity (Wildman–Crippen MR) is 81.4 cm³/mol. The number of aryl methyl sites for hydroxylation is 1. The highest BCUT2D eigenvalue weighted by Crippen LogP contribution is 2.16. The number of nitrogens with zero attached hydrogens (tertiary/aromatic N) is 3. The Labute approximate surface area is 130 Å². The lowest BCUT2D eigenvalue weighted by atomic mass is 10.1. The van der Waals surface area contributed by atoms with Crippen molar-refractivity contribution < 1.29 is 9.53 Å². The topological polar surface area (TPSA) is 81.1 Å². The summed E-state index contributed by atoms with van der Waals surface area (Å²) in [5.74, 6) is 1.89. The zero-order valence-corrected chi connectivity index (χ0v) is 13.2. The molecule has 2 aliphatic rings. The molecule has 7 nitrogen and oxygen atoms in total. The first-order valence-corrected chi connectivity index (χ1v) is 8.31. The van der Waals surface area contributed by atoms with Gasteiger partial charge < -0.3 is 19.9 Å². The second-order valence-corrected chi connectivity index (χ2v) is 6.16. The molecule has 122 valence electrons. The fourth-order valence-corrected chi connectivity index (χ4v) is 3.18. The van der Waals surface area contributed by atoms with E-state index in [1.54, 1.807) is 0 Å². The summed E-state index contributed by atoms with van der Waals surface area (Å²) in [6, 6.07) is -0.146. The number of carbonyl (C=O) groups is 1. The lowest BCUT2D eigenvalue weighted by molar-refractivity contribution is 0.0860. The van der Waals surface area contributed by atoms with E-state index in [1.165, 1.54) is 12.8 Å². The molecule has 0 aromatic carbocycles. The molecule has 1 fully saturated rings. The average molecular weight is 307 g/mol. The molecule has 2 N–H and O–H groups in total. The molecule has 0 aliphatic carbocycles. The van der Waals surface area contributed by atoms with Crippen molar-refractivity contribution in [2.45, 2.75) is 70.7 Å². The van der Waals surface area contributed by atoms with Crippen molar-refractivity contribution in [1.82, 2.24) is 25.4 Å². The Balaban J connectivity index is 1.49. The first-order valence-electron chi connectivity index (χ1n) is 8.31. The van der Waals surface area contributed by atoms with Gasteiger partial charge in [0.1, 0.15) is 5.82 Å². The quantitative estimate of drug-likeness (QED) is 0.880. The Morgan fingerprint density at radius 3 is 3.09 bits per heavy atom. The number of amides is 2. The van der Waals surface area contributed by atoms with Crippen LogP contribution in [0.2, 0.25) is 0 Å². The van der Waals surface area contributed by atoms with E-state index in [2.05, 4.69) is 25.4 Å². The van der Waals surface area contributed by atoms with E-state index in [1.807, 2.05) is 6.92 Å². The van der Waals surface area contributed by atoms with Crippen LogP contribution < -0.4 is 10.6 Å². The van der Waals surface area contributed by atoms with Crippen molar-refractivity contribution in [1.29, 1.82) is 0 Å². The molecule has 0 spiro atoms. The van der Waals surface area contributed by atoms with Crippen molar-refractivity contribution in [3.63, 3.8) is 0 Å². The maximum Gasteiger partial charge on any atom is 0.315 e. The minimum absolute atomic E-state index is 0.0259. The molecule has 2 atom stereocenters. The molecule has 0 bridgehead atoms. The summed E-state index contributed by atoms with van der Waals surface area (Å²) in [4.78, 5) is 12.0. The summed E-state index contributed by atoms with van der Waals surface area (Å²) in [6.45, 7) is 4.15. The van der Waals surface area contributed by atoms with Crippen molar-refractivity contribution in [3.05, 3.63) is 11.6 Å². The number of hydrogen-bond donors (Lipinski definition) is 2. The Hall–Kier alpha value is -1.63. The molecule has 22 heavy (non-hydrogen) atoms. The maximum atomic E-state index is 12.0. The van der Waals surface area contributed by atoms with E-state index in [0.29, 0.717) is 6.54 Å². The zero-order valence-electron chi connectivity index (χ0n) is 13.2. The van der Waals surface area contributed by atoms with Gasteiger partial charge in [-0.3, -0.25) is 0 Å². The van der Waals surface area contributed by atoms with Crippen LogP contribution in [0.4, 0.5) is 4.79 Å². The molecule has 0 saturated carbocycles. The van der Waals surface area contributed by atoms with Crippen LogP contribution >= 0.6 is 0 Å². The van der Waals surface area contributed by atoms with Crippen LogP contribution in [-0.4, -0.2) is 39.5 Å². The summed E-state index contributed by atoms with van der Waals surface area (Å²) in [5.41, 5.74) is 0. The summed E-state index contributed by atoms with van der Waals surface area (Å²) >= 11 is 0. The van der Waals surface area contributed by atoms with Crippen molar-refractivity contribution in [2.24, 2.45) is 0 Å². The minimum atomic E-state index is -0.172. The monoisotopic (exact) mass is 307 g/mol. The third kappa shape index (κ3) is 3.58. The molecule has 2 aliphatic heterocycles. The molecule has 0 unspecified atom stereocenters. The largest absolute Gasteiger partial charge is 0.376 e. The zero-order chi connectivity index (χ0) is 15.4. The van der Waals surface area contributed by atoms with Crippen LogP contribution in [0.25, 0.3) is 0 Å². The first-order chi connectivity index (χ1) is 10.7. The number of fused-ring (bicyclic) bond motifs is 1. The van der Waals surface area contributed by atoms with Gasteiger partial charge in [0.15, 0.2) is 5.82 Å². The first kappa shape index (κ1) is 15.3. The normalized spacial score (nSPS) is 22.7. The van der Waals surface area contributed by atoms with Crippen LogP contribution in [0.3, 0.4) is 0 Å². The van der Waals surface area contributed by atoms with Crippen LogP contribution in [0.1, 0.15) is 50.7 Å². The van der Waals surface area contributed by atoms with Gasteiger partial charge in [-0.1, -0.05) is 6.42 Å². The lowest BCUT2D eigenvalue weighted by Gasteiger charge is -2.20. The van der Waals surface area contributed by atoms with E-state index >= 15 is 0 Å². The Morgan fingerprint density at radius 1 is 1.36 bits per heavy atom. The highest BCUT2D eigenvalue weighted by Gasteiger charge is 2.23. The molecule has 2 amide bonds. The smallest absolute Gasteiger partial charge is 0.315 e. The molecule has 3 rings (SSSR count). The van der Waals surface area contributed by atoms with Gasteiger partial charge in [-0.15, -0.1) is 10.2 Å². The number of aromatic nitrogens is 3. The van der Waals surface area contributed by atoms with Crippen molar-refractivity contribution >= 4 is 6.03 Å². The highest BCUT2D eigenvalue weighted by atomic mass is 16.5. The predicted octanol–water partition coefficient (Wildman–Crippen LogP) is 1.37. The summed E-state index contributed by atoms with van der Waals surface area (Å²) in [6.07, 6.45) is 6.76. The molecule has 0 radical (unpaired) electrons. The second kappa shape index (κ2) is 7.09. The van der Waals surface area contributed by atoms with Gasteiger partial charge in [-0.25, -0.2) is 4.79 Å². The number of nitrogens with one attached hydrogen (secondary N) is 2. The fraction of sp³-hybridized carbons (Fsp3) is 0.800. The summed E-state index contributed by atoms with van der Waals surface area (Å²) in [7, 11) is 0. The van der Waals surface area contributed by atoms with E-state index in [-0.39, 0.29) is 18.2 Å². The number of rotatable bonds is 4. The number of ether oxygens (including phenoxy) is 1. The van der Waals surface area contributed by atoms with Crippen LogP contribution in [0.5, 0.6) is 0 Å². The molecule has 3 heterocycles. The SMILES string of the molecule is C[C@H](NC(=O)NCc1nnc2n1CCCCC2)[C@@H]1CCCO1. The summed E-state index contributed by atoms with van der Waals surface area (Å²) in [5, 5.41) is 14.3. The molecule has 1 saturated heterocycles. The van der Waals surface area contributed by atoms with Gasteiger partial charge in [0, 0.05) is 19.6 Å². The van der Waals surface area contributed by atoms with Gasteiger partial charge in [0.25, 0.3) is 0 Å². The maximum absolute atomic E-state index is 12.0. The van der Waals surface area contributed by atoms with Gasteiger partial charge in [-0.05, 0) is 32.6 Å². The lowest BCUT2D eigenvalue weighted by Crippen LogP contribution is -2.45. The molecule has 7 heteroatoms. The Morgan fingerprint density at radius 2 is 2.27 bits per heavy atom. The third-order valence-corrected chi connectivity index (χ3v) is 4.47. The highest BCUT2D eigenvalue weighted by molar-refractivity contribution is 5.74. The van der Waals surface area contributed by atoms with Gasteiger partial charge >= 0.3 is 6.03 Å². The van der Waals surface area contributed by atoms with E-state index in [4.69, 9.17) is 4.74 Å². The Kier molecular flexibility index (Phi) is 4.92. The van der Waals surface area contributed by atoms with Crippen molar-refractivity contribution in [3.8, 4) is 0 Å². The Bertz CT molecular complexity index is 510.